The fourth-order valence-corrected chi connectivity index (χ4v) is 4.04. The second-order valence-corrected chi connectivity index (χ2v) is 10.5. The third-order valence-electron chi connectivity index (χ3n) is 6.27. The van der Waals surface area contributed by atoms with Crippen molar-refractivity contribution < 1.29 is 24.5 Å². The molecule has 0 saturated carbocycles. The van der Waals surface area contributed by atoms with Crippen LogP contribution in [0, 0.1) is 18.3 Å². The molecule has 4 unspecified atom stereocenters. The summed E-state index contributed by atoms with van der Waals surface area (Å²) in [5, 5.41) is 23.6. The number of methoxy groups -OCH3 is 1. The summed E-state index contributed by atoms with van der Waals surface area (Å²) in [7, 11) is 1.70. The van der Waals surface area contributed by atoms with Crippen LogP contribution in [0.2, 0.25) is 0 Å². The summed E-state index contributed by atoms with van der Waals surface area (Å²) in [4.78, 5) is 27.6. The molecule has 0 aromatic carbocycles. The molecule has 1 rings (SSSR count). The molecule has 0 spiro atoms. The Labute approximate surface area is 202 Å². The average molecular weight is 480 g/mol. The van der Waals surface area contributed by atoms with E-state index in [0.717, 1.165) is 36.4 Å². The predicted octanol–water partition coefficient (Wildman–Crippen LogP) is 4.92. The molecule has 6 nitrogen and oxygen atoms in total. The number of allylic oxidation sites excluding steroid dienone is 1. The van der Waals surface area contributed by atoms with Gasteiger partial charge in [-0.3, -0.25) is 4.79 Å². The molecular weight excluding hydrogens is 438 g/mol. The topological polar surface area (TPSA) is 96.7 Å². The third-order valence-corrected chi connectivity index (χ3v) is 7.06. The van der Waals surface area contributed by atoms with Gasteiger partial charge in [-0.1, -0.05) is 38.5 Å². The summed E-state index contributed by atoms with van der Waals surface area (Å²) >= 11 is 1.63. The van der Waals surface area contributed by atoms with Crippen molar-refractivity contribution >= 4 is 29.5 Å². The van der Waals surface area contributed by atoms with Crippen LogP contribution < -0.4 is 0 Å². The lowest BCUT2D eigenvalue weighted by Gasteiger charge is -2.30. The Morgan fingerprint density at radius 3 is 2.58 bits per heavy atom. The summed E-state index contributed by atoms with van der Waals surface area (Å²) < 4.78 is 5.54. The third kappa shape index (κ3) is 10.4. The fourth-order valence-electron chi connectivity index (χ4n) is 3.46. The van der Waals surface area contributed by atoms with Gasteiger partial charge >= 0.3 is 0 Å². The number of nitrogens with zero attached hydrogens (tertiary/aromatic N) is 1. The van der Waals surface area contributed by atoms with Gasteiger partial charge in [0.05, 0.1) is 29.0 Å². The second kappa shape index (κ2) is 14.6. The van der Waals surface area contributed by atoms with Gasteiger partial charge in [0.1, 0.15) is 12.1 Å². The van der Waals surface area contributed by atoms with E-state index in [4.69, 9.17) is 4.74 Å². The van der Waals surface area contributed by atoms with Gasteiger partial charge in [-0.25, -0.2) is 4.98 Å². The molecule has 0 aliphatic heterocycles. The van der Waals surface area contributed by atoms with Crippen LogP contribution in [-0.2, 0) is 14.3 Å². The highest BCUT2D eigenvalue weighted by Crippen LogP contribution is 2.28. The minimum absolute atomic E-state index is 0.00775. The number of aromatic nitrogens is 1. The molecule has 0 bridgehead atoms. The Kier molecular flexibility index (Phi) is 13.0. The van der Waals surface area contributed by atoms with E-state index >= 15 is 0 Å². The number of Topliss-reactive ketones (excluding diaryl/α,β-unsaturated/α-hetero) is 1. The Hall–Kier alpha value is -1.67. The summed E-state index contributed by atoms with van der Waals surface area (Å²) in [6.07, 6.45) is 8.33. The SMILES string of the molecule is COC(/C=C/c1csc(C)n1)C/C=C(/C)CCCC(C)C(O)CC(=O)C(C)(C)C(O)CC=O. The van der Waals surface area contributed by atoms with Crippen molar-refractivity contribution in [3.8, 4) is 0 Å². The van der Waals surface area contributed by atoms with Crippen molar-refractivity contribution in [2.75, 3.05) is 7.11 Å². The average Bonchev–Trinajstić information content (AvgIpc) is 3.18. The van der Waals surface area contributed by atoms with Gasteiger partial charge < -0.3 is 19.7 Å². The smallest absolute Gasteiger partial charge is 0.143 e. The van der Waals surface area contributed by atoms with Gasteiger partial charge in [0.15, 0.2) is 0 Å². The van der Waals surface area contributed by atoms with Gasteiger partial charge in [0, 0.05) is 30.7 Å². The molecule has 0 radical (unpaired) electrons. The number of ether oxygens (including phenoxy) is 1. The first-order valence-corrected chi connectivity index (χ1v) is 12.5. The Morgan fingerprint density at radius 1 is 1.30 bits per heavy atom. The largest absolute Gasteiger partial charge is 0.392 e. The van der Waals surface area contributed by atoms with E-state index in [9.17, 15) is 19.8 Å². The van der Waals surface area contributed by atoms with Crippen LogP contribution in [0.5, 0.6) is 0 Å². The molecule has 1 aromatic heterocycles. The van der Waals surface area contributed by atoms with E-state index < -0.39 is 17.6 Å². The van der Waals surface area contributed by atoms with E-state index in [1.807, 2.05) is 31.4 Å². The number of rotatable bonds is 16. The maximum Gasteiger partial charge on any atom is 0.143 e. The van der Waals surface area contributed by atoms with E-state index in [0.29, 0.717) is 6.29 Å². The number of aryl methyl sites for hydroxylation is 1. The molecule has 7 heteroatoms. The zero-order valence-corrected chi connectivity index (χ0v) is 21.7. The highest BCUT2D eigenvalue weighted by molar-refractivity contribution is 7.09. The van der Waals surface area contributed by atoms with Crippen molar-refractivity contribution in [1.29, 1.82) is 0 Å². The summed E-state index contributed by atoms with van der Waals surface area (Å²) in [5.41, 5.74) is 1.17. The van der Waals surface area contributed by atoms with Crippen molar-refractivity contribution in [2.24, 2.45) is 11.3 Å². The molecule has 1 aromatic rings. The first kappa shape index (κ1) is 29.4. The lowest BCUT2D eigenvalue weighted by molar-refractivity contribution is -0.136. The summed E-state index contributed by atoms with van der Waals surface area (Å²) in [5.74, 6) is -0.254. The standard InChI is InChI=1S/C26H41NO5S/c1-18(10-12-22(32-6)13-11-21-17-33-20(3)27-21)8-7-9-19(2)23(29)16-25(31)26(4,5)24(30)14-15-28/h10-11,13,15,17,19,22-24,29-30H,7-9,12,14,16H2,1-6H3/b13-11+,18-10-. The Balaban J connectivity index is 2.44. The monoisotopic (exact) mass is 479 g/mol. The van der Waals surface area contributed by atoms with Crippen molar-refractivity contribution in [2.45, 2.75) is 91.5 Å². The first-order chi connectivity index (χ1) is 15.5. The number of carbonyl (C=O) groups is 2. The lowest BCUT2D eigenvalue weighted by atomic mass is 9.77. The molecule has 0 aliphatic rings. The van der Waals surface area contributed by atoms with Gasteiger partial charge in [-0.2, -0.15) is 0 Å². The summed E-state index contributed by atoms with van der Waals surface area (Å²) in [6, 6.07) is 0. The maximum absolute atomic E-state index is 12.5. The minimum Gasteiger partial charge on any atom is -0.392 e. The number of hydrogen-bond acceptors (Lipinski definition) is 7. The minimum atomic E-state index is -1.05. The Morgan fingerprint density at radius 2 is 2.00 bits per heavy atom. The van der Waals surface area contributed by atoms with E-state index in [2.05, 4.69) is 18.0 Å². The van der Waals surface area contributed by atoms with Crippen LogP contribution in [0.3, 0.4) is 0 Å². The van der Waals surface area contributed by atoms with Crippen LogP contribution in [0.4, 0.5) is 0 Å². The molecular formula is C26H41NO5S. The van der Waals surface area contributed by atoms with Gasteiger partial charge in [0.2, 0.25) is 0 Å². The quantitative estimate of drug-likeness (QED) is 0.258. The van der Waals surface area contributed by atoms with Crippen LogP contribution in [0.25, 0.3) is 6.08 Å². The number of ketones is 1. The normalized spacial score (nSPS) is 16.5. The van der Waals surface area contributed by atoms with Crippen LogP contribution in [-0.4, -0.2) is 52.7 Å². The van der Waals surface area contributed by atoms with Crippen LogP contribution >= 0.6 is 11.3 Å². The molecule has 0 fully saturated rings. The highest BCUT2D eigenvalue weighted by Gasteiger charge is 2.36. The number of thiazole rings is 1. The molecule has 0 saturated heterocycles. The molecule has 4 atom stereocenters. The van der Waals surface area contributed by atoms with Crippen molar-refractivity contribution in [3.63, 3.8) is 0 Å². The van der Waals surface area contributed by atoms with Crippen LogP contribution in [0.15, 0.2) is 23.1 Å². The van der Waals surface area contributed by atoms with E-state index in [-0.39, 0.29) is 30.6 Å². The highest BCUT2D eigenvalue weighted by atomic mass is 32.1. The van der Waals surface area contributed by atoms with Gasteiger partial charge in [-0.15, -0.1) is 11.3 Å². The van der Waals surface area contributed by atoms with Crippen molar-refractivity contribution in [3.05, 3.63) is 33.8 Å². The number of aliphatic hydroxyl groups excluding tert-OH is 2. The Bertz CT molecular complexity index is 798. The molecule has 0 amide bonds. The summed E-state index contributed by atoms with van der Waals surface area (Å²) in [6.45, 7) is 9.27. The molecule has 0 aliphatic carbocycles. The molecule has 33 heavy (non-hydrogen) atoms. The van der Waals surface area contributed by atoms with Gasteiger partial charge in [0.25, 0.3) is 0 Å². The molecule has 1 heterocycles. The fraction of sp³-hybridized carbons (Fsp3) is 0.654. The van der Waals surface area contributed by atoms with Crippen LogP contribution in [0.1, 0.15) is 76.9 Å². The second-order valence-electron chi connectivity index (χ2n) is 9.41. The van der Waals surface area contributed by atoms with Crippen molar-refractivity contribution in [1.82, 2.24) is 4.98 Å². The molecule has 186 valence electrons. The number of hydrogen-bond donors (Lipinski definition) is 2. The predicted molar refractivity (Wildman–Crippen MR) is 134 cm³/mol. The zero-order valence-electron chi connectivity index (χ0n) is 20.9. The number of aldehydes is 1. The first-order valence-electron chi connectivity index (χ1n) is 11.6. The molecule has 2 N–H and O–H groups in total. The van der Waals surface area contributed by atoms with Gasteiger partial charge in [-0.05, 0) is 51.5 Å². The zero-order chi connectivity index (χ0) is 25.0. The number of carbonyl (C=O) groups excluding carboxylic acids is 2. The lowest BCUT2D eigenvalue weighted by Crippen LogP contribution is -2.39. The van der Waals surface area contributed by atoms with E-state index in [1.165, 1.54) is 5.57 Å². The maximum atomic E-state index is 12.5. The van der Waals surface area contributed by atoms with E-state index in [1.54, 1.807) is 32.3 Å². The number of aliphatic hydroxyl groups is 2.